The van der Waals surface area contributed by atoms with Crippen LogP contribution in [0.15, 0.2) is 24.3 Å². The van der Waals surface area contributed by atoms with E-state index in [9.17, 15) is 4.79 Å². The highest BCUT2D eigenvalue weighted by molar-refractivity contribution is 5.78. The number of rotatable bonds is 7. The standard InChI is InChI=1S/C14H22N2O2/c1-4-16(5-2)14(17)11-15-10-12-7-6-8-13(9-12)18-3/h6-9,15H,4-5,10-11H2,1-3H3. The molecule has 18 heavy (non-hydrogen) atoms. The number of likely N-dealkylation sites (N-methyl/N-ethyl adjacent to an activating group) is 1. The average molecular weight is 250 g/mol. The molecule has 0 spiro atoms. The fourth-order valence-corrected chi connectivity index (χ4v) is 1.78. The number of nitrogens with zero attached hydrogens (tertiary/aromatic N) is 1. The van der Waals surface area contributed by atoms with Gasteiger partial charge in [-0.15, -0.1) is 0 Å². The van der Waals surface area contributed by atoms with Crippen molar-refractivity contribution in [3.05, 3.63) is 29.8 Å². The van der Waals surface area contributed by atoms with Gasteiger partial charge in [0, 0.05) is 19.6 Å². The number of carbonyl (C=O) groups is 1. The lowest BCUT2D eigenvalue weighted by Gasteiger charge is -2.18. The molecule has 1 N–H and O–H groups in total. The lowest BCUT2D eigenvalue weighted by Crippen LogP contribution is -2.37. The van der Waals surface area contributed by atoms with Crippen molar-refractivity contribution in [2.75, 3.05) is 26.7 Å². The van der Waals surface area contributed by atoms with Crippen molar-refractivity contribution >= 4 is 5.91 Å². The van der Waals surface area contributed by atoms with Crippen molar-refractivity contribution in [1.29, 1.82) is 0 Å². The van der Waals surface area contributed by atoms with Gasteiger partial charge < -0.3 is 15.0 Å². The van der Waals surface area contributed by atoms with Crippen LogP contribution in [0.5, 0.6) is 5.75 Å². The van der Waals surface area contributed by atoms with E-state index in [4.69, 9.17) is 4.74 Å². The molecule has 0 aliphatic rings. The second kappa shape index (κ2) is 7.71. The zero-order valence-corrected chi connectivity index (χ0v) is 11.4. The van der Waals surface area contributed by atoms with Gasteiger partial charge in [-0.05, 0) is 31.5 Å². The van der Waals surface area contributed by atoms with Crippen LogP contribution in [0.25, 0.3) is 0 Å². The van der Waals surface area contributed by atoms with Gasteiger partial charge in [-0.3, -0.25) is 4.79 Å². The predicted molar refractivity (Wildman–Crippen MR) is 72.6 cm³/mol. The maximum atomic E-state index is 11.8. The quantitative estimate of drug-likeness (QED) is 0.800. The second-order valence-electron chi connectivity index (χ2n) is 4.02. The number of hydrogen-bond acceptors (Lipinski definition) is 3. The topological polar surface area (TPSA) is 41.6 Å². The molecule has 0 fully saturated rings. The van der Waals surface area contributed by atoms with Gasteiger partial charge in [0.05, 0.1) is 13.7 Å². The Hall–Kier alpha value is -1.55. The van der Waals surface area contributed by atoms with Gasteiger partial charge in [0.25, 0.3) is 0 Å². The number of ether oxygens (including phenoxy) is 1. The highest BCUT2D eigenvalue weighted by Crippen LogP contribution is 2.11. The van der Waals surface area contributed by atoms with Gasteiger partial charge in [0.2, 0.25) is 5.91 Å². The Morgan fingerprint density at radius 1 is 1.33 bits per heavy atom. The van der Waals surface area contributed by atoms with E-state index >= 15 is 0 Å². The summed E-state index contributed by atoms with van der Waals surface area (Å²) >= 11 is 0. The number of hydrogen-bond donors (Lipinski definition) is 1. The normalized spacial score (nSPS) is 10.2. The van der Waals surface area contributed by atoms with Crippen molar-refractivity contribution in [2.45, 2.75) is 20.4 Å². The molecule has 0 saturated carbocycles. The summed E-state index contributed by atoms with van der Waals surface area (Å²) in [6, 6.07) is 7.83. The highest BCUT2D eigenvalue weighted by Gasteiger charge is 2.08. The maximum Gasteiger partial charge on any atom is 0.236 e. The largest absolute Gasteiger partial charge is 0.497 e. The summed E-state index contributed by atoms with van der Waals surface area (Å²) in [6.45, 7) is 6.54. The zero-order valence-electron chi connectivity index (χ0n) is 11.4. The lowest BCUT2D eigenvalue weighted by molar-refractivity contribution is -0.129. The van der Waals surface area contributed by atoms with Crippen molar-refractivity contribution in [2.24, 2.45) is 0 Å². The van der Waals surface area contributed by atoms with Crippen molar-refractivity contribution in [1.82, 2.24) is 10.2 Å². The molecule has 0 aromatic heterocycles. The lowest BCUT2D eigenvalue weighted by atomic mass is 10.2. The van der Waals surface area contributed by atoms with Crippen LogP contribution in [0, 0.1) is 0 Å². The summed E-state index contributed by atoms with van der Waals surface area (Å²) in [5, 5.41) is 3.16. The fourth-order valence-electron chi connectivity index (χ4n) is 1.78. The molecule has 1 aromatic rings. The van der Waals surface area contributed by atoms with E-state index in [0.29, 0.717) is 13.1 Å². The molecule has 0 aliphatic carbocycles. The van der Waals surface area contributed by atoms with Crippen LogP contribution in [0.2, 0.25) is 0 Å². The van der Waals surface area contributed by atoms with Gasteiger partial charge >= 0.3 is 0 Å². The molecule has 100 valence electrons. The second-order valence-corrected chi connectivity index (χ2v) is 4.02. The Kier molecular flexibility index (Phi) is 6.22. The maximum absolute atomic E-state index is 11.8. The number of benzene rings is 1. The van der Waals surface area contributed by atoms with Gasteiger partial charge in [-0.25, -0.2) is 0 Å². The molecule has 4 nitrogen and oxygen atoms in total. The summed E-state index contributed by atoms with van der Waals surface area (Å²) in [6.07, 6.45) is 0. The van der Waals surface area contributed by atoms with Crippen LogP contribution in [0.4, 0.5) is 0 Å². The van der Waals surface area contributed by atoms with Crippen molar-refractivity contribution < 1.29 is 9.53 Å². The Morgan fingerprint density at radius 3 is 2.67 bits per heavy atom. The summed E-state index contributed by atoms with van der Waals surface area (Å²) in [7, 11) is 1.65. The molecule has 4 heteroatoms. The third-order valence-electron chi connectivity index (χ3n) is 2.86. The minimum atomic E-state index is 0.142. The van der Waals surface area contributed by atoms with Crippen molar-refractivity contribution in [3.63, 3.8) is 0 Å². The minimum Gasteiger partial charge on any atom is -0.497 e. The van der Waals surface area contributed by atoms with Gasteiger partial charge in [0.1, 0.15) is 5.75 Å². The van der Waals surface area contributed by atoms with Gasteiger partial charge in [0.15, 0.2) is 0 Å². The zero-order chi connectivity index (χ0) is 13.4. The van der Waals surface area contributed by atoms with Crippen LogP contribution in [0.3, 0.4) is 0 Å². The molecule has 0 atom stereocenters. The first-order valence-corrected chi connectivity index (χ1v) is 6.32. The molecule has 0 bridgehead atoms. The Balaban J connectivity index is 2.39. The van der Waals surface area contributed by atoms with Crippen LogP contribution >= 0.6 is 0 Å². The minimum absolute atomic E-state index is 0.142. The monoisotopic (exact) mass is 250 g/mol. The third kappa shape index (κ3) is 4.37. The molecule has 0 unspecified atom stereocenters. The molecule has 0 radical (unpaired) electrons. The molecular formula is C14H22N2O2. The van der Waals surface area contributed by atoms with Crippen LogP contribution < -0.4 is 10.1 Å². The number of carbonyl (C=O) groups excluding carboxylic acids is 1. The van der Waals surface area contributed by atoms with E-state index in [1.165, 1.54) is 0 Å². The molecule has 1 amide bonds. The number of nitrogens with one attached hydrogen (secondary N) is 1. The van der Waals surface area contributed by atoms with E-state index in [1.54, 1.807) is 7.11 Å². The molecule has 0 saturated heterocycles. The van der Waals surface area contributed by atoms with E-state index < -0.39 is 0 Å². The van der Waals surface area contributed by atoms with Crippen LogP contribution in [-0.2, 0) is 11.3 Å². The number of methoxy groups -OCH3 is 1. The Labute approximate surface area is 109 Å². The van der Waals surface area contributed by atoms with Gasteiger partial charge in [-0.1, -0.05) is 12.1 Å². The summed E-state index contributed by atoms with van der Waals surface area (Å²) < 4.78 is 5.15. The molecule has 0 aliphatic heterocycles. The van der Waals surface area contributed by atoms with E-state index in [0.717, 1.165) is 24.4 Å². The summed E-state index contributed by atoms with van der Waals surface area (Å²) in [5.41, 5.74) is 1.11. The Morgan fingerprint density at radius 2 is 2.06 bits per heavy atom. The molecular weight excluding hydrogens is 228 g/mol. The predicted octanol–water partition coefficient (Wildman–Crippen LogP) is 1.65. The summed E-state index contributed by atoms with van der Waals surface area (Å²) in [4.78, 5) is 13.6. The van der Waals surface area contributed by atoms with Crippen LogP contribution in [-0.4, -0.2) is 37.6 Å². The average Bonchev–Trinajstić information content (AvgIpc) is 2.40. The first-order valence-electron chi connectivity index (χ1n) is 6.32. The number of amides is 1. The molecule has 1 rings (SSSR count). The summed E-state index contributed by atoms with van der Waals surface area (Å²) in [5.74, 6) is 0.979. The molecule has 1 aromatic carbocycles. The highest BCUT2D eigenvalue weighted by atomic mass is 16.5. The third-order valence-corrected chi connectivity index (χ3v) is 2.86. The van der Waals surface area contributed by atoms with E-state index in [1.807, 2.05) is 43.0 Å². The first kappa shape index (κ1) is 14.5. The van der Waals surface area contributed by atoms with E-state index in [2.05, 4.69) is 5.32 Å². The molecule has 0 heterocycles. The van der Waals surface area contributed by atoms with Gasteiger partial charge in [-0.2, -0.15) is 0 Å². The smallest absolute Gasteiger partial charge is 0.236 e. The fraction of sp³-hybridized carbons (Fsp3) is 0.500. The Bertz CT molecular complexity index is 376. The van der Waals surface area contributed by atoms with Crippen molar-refractivity contribution in [3.8, 4) is 5.75 Å². The van der Waals surface area contributed by atoms with Crippen LogP contribution in [0.1, 0.15) is 19.4 Å². The first-order chi connectivity index (χ1) is 8.71. The SMILES string of the molecule is CCN(CC)C(=O)CNCc1cccc(OC)c1. The van der Waals surface area contributed by atoms with E-state index in [-0.39, 0.29) is 5.91 Å².